The molecule has 6 nitrogen and oxygen atoms in total. The van der Waals surface area contributed by atoms with Gasteiger partial charge in [-0.15, -0.1) is 0 Å². The average Bonchev–Trinajstić information content (AvgIpc) is 2.98. The summed E-state index contributed by atoms with van der Waals surface area (Å²) in [7, 11) is 2.65. The van der Waals surface area contributed by atoms with Gasteiger partial charge in [-0.25, -0.2) is 9.18 Å². The first-order valence-corrected chi connectivity index (χ1v) is 8.89. The Morgan fingerprint density at radius 2 is 1.86 bits per heavy atom. The topological polar surface area (TPSA) is 68.2 Å². The Balaban J connectivity index is 2.14. The number of carbonyl (C=O) groups excluding carboxylic acids is 2. The normalized spacial score (nSPS) is 19.5. The van der Waals surface area contributed by atoms with Crippen LogP contribution in [0.15, 0.2) is 71.9 Å². The van der Waals surface area contributed by atoms with Crippen LogP contribution in [0, 0.1) is 0 Å². The van der Waals surface area contributed by atoms with Crippen LogP contribution in [-0.2, 0) is 14.3 Å². The standard InChI is InChI=1S/C22H21FN2O4/c1-14(20(26)29-4)19(16-9-8-12-18(13-16)28-3)22(23)15(2)24-25(21(22)27)17-10-6-5-7-11-17/h5-13,19H,1H2,2-4H3. The van der Waals surface area contributed by atoms with Crippen LogP contribution in [0.5, 0.6) is 5.75 Å². The lowest BCUT2D eigenvalue weighted by Crippen LogP contribution is -2.48. The molecular weight excluding hydrogens is 375 g/mol. The van der Waals surface area contributed by atoms with Gasteiger partial charge in [-0.05, 0) is 36.8 Å². The minimum atomic E-state index is -2.62. The van der Waals surface area contributed by atoms with Gasteiger partial charge >= 0.3 is 5.97 Å². The van der Waals surface area contributed by atoms with Crippen LogP contribution in [-0.4, -0.2) is 37.5 Å². The van der Waals surface area contributed by atoms with Crippen molar-refractivity contribution in [3.05, 3.63) is 72.3 Å². The highest BCUT2D eigenvalue weighted by molar-refractivity contribution is 6.23. The van der Waals surface area contributed by atoms with E-state index in [1.165, 1.54) is 21.1 Å². The maximum Gasteiger partial charge on any atom is 0.333 e. The van der Waals surface area contributed by atoms with Crippen molar-refractivity contribution in [3.63, 3.8) is 0 Å². The van der Waals surface area contributed by atoms with E-state index in [2.05, 4.69) is 11.7 Å². The van der Waals surface area contributed by atoms with Gasteiger partial charge in [0.05, 0.1) is 31.5 Å². The van der Waals surface area contributed by atoms with Gasteiger partial charge in [-0.3, -0.25) is 4.79 Å². The minimum Gasteiger partial charge on any atom is -0.497 e. The molecule has 0 radical (unpaired) electrons. The van der Waals surface area contributed by atoms with Gasteiger partial charge in [-0.1, -0.05) is 36.9 Å². The maximum atomic E-state index is 16.5. The average molecular weight is 396 g/mol. The van der Waals surface area contributed by atoms with Crippen LogP contribution in [0.1, 0.15) is 18.4 Å². The minimum absolute atomic E-state index is 0.0794. The lowest BCUT2D eigenvalue weighted by atomic mass is 9.76. The number of amides is 1. The lowest BCUT2D eigenvalue weighted by Gasteiger charge is -2.30. The zero-order valence-corrected chi connectivity index (χ0v) is 16.4. The van der Waals surface area contributed by atoms with Crippen molar-refractivity contribution in [2.24, 2.45) is 5.10 Å². The first kappa shape index (κ1) is 20.3. The number of esters is 1. The van der Waals surface area contributed by atoms with Crippen LogP contribution in [0.25, 0.3) is 0 Å². The van der Waals surface area contributed by atoms with E-state index in [4.69, 9.17) is 9.47 Å². The summed E-state index contributed by atoms with van der Waals surface area (Å²) in [6.45, 7) is 5.15. The third kappa shape index (κ3) is 3.40. The van der Waals surface area contributed by atoms with Gasteiger partial charge in [0.15, 0.2) is 0 Å². The number of benzene rings is 2. The van der Waals surface area contributed by atoms with Gasteiger partial charge in [0.1, 0.15) is 5.75 Å². The number of rotatable bonds is 6. The summed E-state index contributed by atoms with van der Waals surface area (Å²) in [5.74, 6) is -2.60. The number of methoxy groups -OCH3 is 2. The highest BCUT2D eigenvalue weighted by Gasteiger charge is 2.58. The van der Waals surface area contributed by atoms with Crippen LogP contribution >= 0.6 is 0 Å². The fourth-order valence-corrected chi connectivity index (χ4v) is 3.39. The fraction of sp³-hybridized carbons (Fsp3) is 0.227. The number of alkyl halides is 1. The Kier molecular flexibility index (Phi) is 5.50. The highest BCUT2D eigenvalue weighted by atomic mass is 19.1. The Bertz CT molecular complexity index is 989. The van der Waals surface area contributed by atoms with E-state index in [1.807, 2.05) is 0 Å². The predicted molar refractivity (Wildman–Crippen MR) is 108 cm³/mol. The fourth-order valence-electron chi connectivity index (χ4n) is 3.39. The SMILES string of the molecule is C=C(C(=O)OC)C(c1cccc(OC)c1)C1(F)C(=O)N(c2ccccc2)N=C1C. The lowest BCUT2D eigenvalue weighted by molar-refractivity contribution is -0.137. The molecule has 0 N–H and O–H groups in total. The molecule has 0 fully saturated rings. The third-order valence-electron chi connectivity index (χ3n) is 4.90. The van der Waals surface area contributed by atoms with Crippen molar-refractivity contribution >= 4 is 23.3 Å². The number of hydrogen-bond acceptors (Lipinski definition) is 5. The molecule has 1 aliphatic heterocycles. The number of hydrogen-bond donors (Lipinski definition) is 0. The van der Waals surface area contributed by atoms with Gasteiger partial charge in [0.25, 0.3) is 5.91 Å². The number of ether oxygens (including phenoxy) is 2. The summed E-state index contributed by atoms with van der Waals surface area (Å²) in [6.07, 6.45) is 0. The van der Waals surface area contributed by atoms with Crippen molar-refractivity contribution in [2.75, 3.05) is 19.2 Å². The smallest absolute Gasteiger partial charge is 0.333 e. The zero-order valence-electron chi connectivity index (χ0n) is 16.4. The predicted octanol–water partition coefficient (Wildman–Crippen LogP) is 3.64. The summed E-state index contributed by atoms with van der Waals surface area (Å²) < 4.78 is 26.5. The Labute approximate surface area is 168 Å². The summed E-state index contributed by atoms with van der Waals surface area (Å²) in [5.41, 5.74) is -2.12. The largest absolute Gasteiger partial charge is 0.497 e. The number of carbonyl (C=O) groups is 2. The van der Waals surface area contributed by atoms with Gasteiger partial charge in [0, 0.05) is 5.57 Å². The van der Waals surface area contributed by atoms with Gasteiger partial charge in [-0.2, -0.15) is 10.1 Å². The van der Waals surface area contributed by atoms with Crippen LogP contribution in [0.3, 0.4) is 0 Å². The molecule has 29 heavy (non-hydrogen) atoms. The van der Waals surface area contributed by atoms with E-state index in [9.17, 15) is 9.59 Å². The number of nitrogens with zero attached hydrogens (tertiary/aromatic N) is 2. The summed E-state index contributed by atoms with van der Waals surface area (Å²) in [6, 6.07) is 15.0. The molecule has 0 bridgehead atoms. The number of anilines is 1. The Morgan fingerprint density at radius 1 is 1.17 bits per heavy atom. The maximum absolute atomic E-state index is 16.5. The molecule has 1 heterocycles. The molecule has 0 saturated heterocycles. The summed E-state index contributed by atoms with van der Waals surface area (Å²) in [5, 5.41) is 5.16. The van der Waals surface area contributed by atoms with Gasteiger partial charge < -0.3 is 9.47 Å². The van der Waals surface area contributed by atoms with Crippen LogP contribution in [0.2, 0.25) is 0 Å². The third-order valence-corrected chi connectivity index (χ3v) is 4.90. The molecule has 1 aliphatic rings. The summed E-state index contributed by atoms with van der Waals surface area (Å²) in [4.78, 5) is 25.5. The quantitative estimate of drug-likeness (QED) is 0.552. The van der Waals surface area contributed by atoms with Crippen LogP contribution in [0.4, 0.5) is 10.1 Å². The molecule has 1 amide bonds. The van der Waals surface area contributed by atoms with E-state index in [1.54, 1.807) is 54.6 Å². The molecule has 2 unspecified atom stereocenters. The summed E-state index contributed by atoms with van der Waals surface area (Å²) >= 11 is 0. The first-order chi connectivity index (χ1) is 13.8. The molecule has 150 valence electrons. The second-order valence-electron chi connectivity index (χ2n) is 6.58. The number of halogens is 1. The van der Waals surface area contributed by atoms with Crippen molar-refractivity contribution in [1.29, 1.82) is 0 Å². The molecular formula is C22H21FN2O4. The van der Waals surface area contributed by atoms with Gasteiger partial charge in [0.2, 0.25) is 5.67 Å². The zero-order chi connectivity index (χ0) is 21.2. The van der Waals surface area contributed by atoms with E-state index < -0.39 is 23.5 Å². The van der Waals surface area contributed by atoms with Crippen LogP contribution < -0.4 is 9.75 Å². The van der Waals surface area contributed by atoms with Crippen molar-refractivity contribution in [1.82, 2.24) is 0 Å². The monoisotopic (exact) mass is 396 g/mol. The Hall–Kier alpha value is -3.48. The van der Waals surface area contributed by atoms with E-state index in [0.717, 1.165) is 5.01 Å². The molecule has 2 aromatic carbocycles. The van der Waals surface area contributed by atoms with E-state index in [0.29, 0.717) is 17.0 Å². The second kappa shape index (κ2) is 7.87. The van der Waals surface area contributed by atoms with Crippen molar-refractivity contribution < 1.29 is 23.5 Å². The molecule has 2 atom stereocenters. The van der Waals surface area contributed by atoms with E-state index in [-0.39, 0.29) is 11.3 Å². The van der Waals surface area contributed by atoms with Crippen molar-refractivity contribution in [2.45, 2.75) is 18.5 Å². The number of para-hydroxylation sites is 1. The molecule has 0 aromatic heterocycles. The molecule has 3 rings (SSSR count). The van der Waals surface area contributed by atoms with Crippen molar-refractivity contribution in [3.8, 4) is 5.75 Å². The first-order valence-electron chi connectivity index (χ1n) is 8.89. The second-order valence-corrected chi connectivity index (χ2v) is 6.58. The number of hydrazone groups is 1. The molecule has 0 spiro atoms. The molecule has 0 aliphatic carbocycles. The molecule has 0 saturated carbocycles. The van der Waals surface area contributed by atoms with E-state index >= 15 is 4.39 Å². The molecule has 7 heteroatoms. The Morgan fingerprint density at radius 3 is 2.48 bits per heavy atom. The highest BCUT2D eigenvalue weighted by Crippen LogP contribution is 2.44. The molecule has 2 aromatic rings.